The van der Waals surface area contributed by atoms with Crippen LogP contribution in [-0.2, 0) is 6.42 Å². The van der Waals surface area contributed by atoms with E-state index in [4.69, 9.17) is 0 Å². The van der Waals surface area contributed by atoms with Gasteiger partial charge >= 0.3 is 0 Å². The van der Waals surface area contributed by atoms with Crippen LogP contribution in [0.1, 0.15) is 59.2 Å². The standard InChI is InChI=1S/C18H24N2.2C2H6/c1-5-9-16-15-10-7-8-11-17(15)19-18(16)14(6-2)12-13-20(3)4;2*1-2/h6-8,10-13,19H,5,9H2,1-4H3;2*1-2H3/b13-12-,14-6+;;. The van der Waals surface area contributed by atoms with Gasteiger partial charge in [-0.2, -0.15) is 0 Å². The quantitative estimate of drug-likeness (QED) is 0.609. The summed E-state index contributed by atoms with van der Waals surface area (Å²) in [5.41, 5.74) is 5.16. The van der Waals surface area contributed by atoms with Gasteiger partial charge in [0.15, 0.2) is 0 Å². The fourth-order valence-electron chi connectivity index (χ4n) is 2.51. The van der Waals surface area contributed by atoms with Gasteiger partial charge in [0.25, 0.3) is 0 Å². The third-order valence-corrected chi connectivity index (χ3v) is 3.47. The van der Waals surface area contributed by atoms with Gasteiger partial charge in [0, 0.05) is 30.7 Å². The molecule has 1 aromatic heterocycles. The smallest absolute Gasteiger partial charge is 0.0494 e. The molecule has 1 aromatic carbocycles. The Balaban J connectivity index is 0.00000123. The van der Waals surface area contributed by atoms with Crippen LogP contribution in [0.2, 0.25) is 0 Å². The Morgan fingerprint density at radius 2 is 1.71 bits per heavy atom. The summed E-state index contributed by atoms with van der Waals surface area (Å²) in [6.07, 6.45) is 8.69. The number of nitrogens with one attached hydrogen (secondary N) is 1. The van der Waals surface area contributed by atoms with Crippen molar-refractivity contribution >= 4 is 16.5 Å². The summed E-state index contributed by atoms with van der Waals surface area (Å²) in [5.74, 6) is 0. The molecule has 1 N–H and O–H groups in total. The third-order valence-electron chi connectivity index (χ3n) is 3.47. The summed E-state index contributed by atoms with van der Waals surface area (Å²) in [5, 5.41) is 1.35. The van der Waals surface area contributed by atoms with Crippen molar-refractivity contribution < 1.29 is 0 Å². The predicted octanol–water partition coefficient (Wildman–Crippen LogP) is 6.65. The molecule has 0 aliphatic rings. The number of rotatable bonds is 5. The molecular formula is C22H36N2. The maximum Gasteiger partial charge on any atom is 0.0494 e. The summed E-state index contributed by atoms with van der Waals surface area (Å²) < 4.78 is 0. The molecule has 2 aromatic rings. The Kier molecular flexibility index (Phi) is 11.4. The Morgan fingerprint density at radius 3 is 2.25 bits per heavy atom. The summed E-state index contributed by atoms with van der Waals surface area (Å²) in [7, 11) is 4.09. The van der Waals surface area contributed by atoms with Gasteiger partial charge in [0.2, 0.25) is 0 Å². The third kappa shape index (κ3) is 5.92. The molecule has 0 bridgehead atoms. The number of para-hydroxylation sites is 1. The zero-order valence-corrected chi connectivity index (χ0v) is 16.9. The Bertz CT molecular complexity index is 630. The van der Waals surface area contributed by atoms with E-state index in [-0.39, 0.29) is 0 Å². The van der Waals surface area contributed by atoms with Crippen LogP contribution in [0, 0.1) is 0 Å². The van der Waals surface area contributed by atoms with Crippen molar-refractivity contribution in [3.63, 3.8) is 0 Å². The average Bonchev–Trinajstić information content (AvgIpc) is 2.98. The summed E-state index contributed by atoms with van der Waals surface area (Å²) in [6, 6.07) is 8.57. The Hall–Kier alpha value is -1.96. The van der Waals surface area contributed by atoms with E-state index in [1.807, 2.05) is 41.8 Å². The van der Waals surface area contributed by atoms with Crippen molar-refractivity contribution in [1.82, 2.24) is 9.88 Å². The maximum absolute atomic E-state index is 3.59. The van der Waals surface area contributed by atoms with Crippen molar-refractivity contribution in [3.8, 4) is 0 Å². The monoisotopic (exact) mass is 328 g/mol. The van der Waals surface area contributed by atoms with E-state index in [1.54, 1.807) is 0 Å². The second-order valence-electron chi connectivity index (χ2n) is 5.30. The molecule has 0 aliphatic heterocycles. The van der Waals surface area contributed by atoms with E-state index in [0.29, 0.717) is 0 Å². The minimum absolute atomic E-state index is 1.10. The highest BCUT2D eigenvalue weighted by atomic mass is 15.0. The van der Waals surface area contributed by atoms with E-state index in [0.717, 1.165) is 12.8 Å². The van der Waals surface area contributed by atoms with E-state index in [1.165, 1.54) is 27.7 Å². The number of aryl methyl sites for hydroxylation is 1. The number of aromatic amines is 1. The van der Waals surface area contributed by atoms with Crippen LogP contribution in [0.3, 0.4) is 0 Å². The molecule has 0 saturated heterocycles. The van der Waals surface area contributed by atoms with Crippen LogP contribution >= 0.6 is 0 Å². The molecule has 0 amide bonds. The number of hydrogen-bond donors (Lipinski definition) is 1. The van der Waals surface area contributed by atoms with Crippen molar-refractivity contribution in [2.75, 3.05) is 14.1 Å². The summed E-state index contributed by atoms with van der Waals surface area (Å²) in [6.45, 7) is 12.3. The summed E-state index contributed by atoms with van der Waals surface area (Å²) >= 11 is 0. The van der Waals surface area contributed by atoms with Crippen molar-refractivity contribution in [2.24, 2.45) is 0 Å². The van der Waals surface area contributed by atoms with E-state index in [2.05, 4.69) is 66.3 Å². The number of H-pyrrole nitrogens is 1. The number of allylic oxidation sites excluding steroid dienone is 3. The molecule has 0 radical (unpaired) electrons. The van der Waals surface area contributed by atoms with Crippen molar-refractivity contribution in [2.45, 2.75) is 54.4 Å². The molecule has 0 fully saturated rings. The maximum atomic E-state index is 3.59. The second-order valence-corrected chi connectivity index (χ2v) is 5.30. The minimum Gasteiger partial charge on any atom is -0.383 e. The lowest BCUT2D eigenvalue weighted by Gasteiger charge is -2.07. The molecule has 0 atom stereocenters. The number of benzene rings is 1. The zero-order valence-electron chi connectivity index (χ0n) is 16.9. The van der Waals surface area contributed by atoms with Gasteiger partial charge in [0.1, 0.15) is 0 Å². The molecule has 0 saturated carbocycles. The molecule has 24 heavy (non-hydrogen) atoms. The summed E-state index contributed by atoms with van der Waals surface area (Å²) in [4.78, 5) is 5.65. The highest BCUT2D eigenvalue weighted by molar-refractivity contribution is 5.90. The lowest BCUT2D eigenvalue weighted by Crippen LogP contribution is -2.00. The van der Waals surface area contributed by atoms with Gasteiger partial charge in [-0.05, 0) is 42.8 Å². The Labute approximate surface area is 149 Å². The lowest BCUT2D eigenvalue weighted by atomic mass is 10.0. The molecule has 134 valence electrons. The number of fused-ring (bicyclic) bond motifs is 1. The fourth-order valence-corrected chi connectivity index (χ4v) is 2.51. The average molecular weight is 329 g/mol. The van der Waals surface area contributed by atoms with Gasteiger partial charge in [-0.15, -0.1) is 0 Å². The first-order valence-electron chi connectivity index (χ1n) is 9.28. The van der Waals surface area contributed by atoms with E-state index < -0.39 is 0 Å². The molecule has 0 spiro atoms. The highest BCUT2D eigenvalue weighted by Crippen LogP contribution is 2.29. The molecular weight excluding hydrogens is 292 g/mol. The van der Waals surface area contributed by atoms with Crippen LogP contribution < -0.4 is 0 Å². The highest BCUT2D eigenvalue weighted by Gasteiger charge is 2.12. The first kappa shape index (κ1) is 22.0. The van der Waals surface area contributed by atoms with Gasteiger partial charge < -0.3 is 9.88 Å². The lowest BCUT2D eigenvalue weighted by molar-refractivity contribution is 0.564. The van der Waals surface area contributed by atoms with Gasteiger partial charge in [-0.1, -0.05) is 65.3 Å². The van der Waals surface area contributed by atoms with Crippen molar-refractivity contribution in [3.05, 3.63) is 53.9 Å². The Morgan fingerprint density at radius 1 is 1.08 bits per heavy atom. The fraction of sp³-hybridized carbons (Fsp3) is 0.455. The topological polar surface area (TPSA) is 19.0 Å². The zero-order chi connectivity index (χ0) is 18.5. The number of hydrogen-bond acceptors (Lipinski definition) is 1. The van der Waals surface area contributed by atoms with Crippen molar-refractivity contribution in [1.29, 1.82) is 0 Å². The first-order chi connectivity index (χ1) is 11.7. The van der Waals surface area contributed by atoms with Crippen LogP contribution in [0.15, 0.2) is 42.6 Å². The first-order valence-corrected chi connectivity index (χ1v) is 9.28. The largest absolute Gasteiger partial charge is 0.383 e. The van der Waals surface area contributed by atoms with Gasteiger partial charge in [-0.25, -0.2) is 0 Å². The van der Waals surface area contributed by atoms with Crippen LogP contribution in [0.5, 0.6) is 0 Å². The number of nitrogens with zero attached hydrogens (tertiary/aromatic N) is 1. The minimum atomic E-state index is 1.10. The number of aromatic nitrogens is 1. The van der Waals surface area contributed by atoms with Gasteiger partial charge in [-0.3, -0.25) is 0 Å². The molecule has 0 aliphatic carbocycles. The van der Waals surface area contributed by atoms with E-state index >= 15 is 0 Å². The normalized spacial score (nSPS) is 10.9. The molecule has 1 heterocycles. The SMILES string of the molecule is C/C=C(\C=C/N(C)C)c1[nH]c2ccccc2c1CCC.CC.CC. The van der Waals surface area contributed by atoms with Crippen LogP contribution in [0.25, 0.3) is 16.5 Å². The predicted molar refractivity (Wildman–Crippen MR) is 111 cm³/mol. The molecule has 2 nitrogen and oxygen atoms in total. The molecule has 2 heteroatoms. The van der Waals surface area contributed by atoms with Gasteiger partial charge in [0.05, 0.1) is 0 Å². The molecule has 2 rings (SSSR count). The van der Waals surface area contributed by atoms with Crippen LogP contribution in [0.4, 0.5) is 0 Å². The van der Waals surface area contributed by atoms with E-state index in [9.17, 15) is 0 Å². The second kappa shape index (κ2) is 12.5. The van der Waals surface area contributed by atoms with Crippen LogP contribution in [-0.4, -0.2) is 24.0 Å². The molecule has 0 unspecified atom stereocenters.